The molecular formula is C22H21F2N7. The van der Waals surface area contributed by atoms with E-state index in [2.05, 4.69) is 30.7 Å². The third-order valence-electron chi connectivity index (χ3n) is 5.33. The van der Waals surface area contributed by atoms with Gasteiger partial charge in [0, 0.05) is 36.8 Å². The molecule has 9 heteroatoms. The van der Waals surface area contributed by atoms with Gasteiger partial charge in [0.1, 0.15) is 17.3 Å². The van der Waals surface area contributed by atoms with Gasteiger partial charge in [0.15, 0.2) is 5.82 Å². The van der Waals surface area contributed by atoms with Crippen LogP contribution in [0.1, 0.15) is 31.1 Å². The van der Waals surface area contributed by atoms with Gasteiger partial charge < -0.3 is 10.6 Å². The van der Waals surface area contributed by atoms with Crippen LogP contribution in [-0.2, 0) is 13.0 Å². The Kier molecular flexibility index (Phi) is 4.82. The Hall–Kier alpha value is -3.46. The molecule has 158 valence electrons. The molecule has 5 rings (SSSR count). The van der Waals surface area contributed by atoms with E-state index in [1.165, 1.54) is 12.3 Å². The Labute approximate surface area is 177 Å². The first-order valence-electron chi connectivity index (χ1n) is 10.2. The zero-order chi connectivity index (χ0) is 21.5. The van der Waals surface area contributed by atoms with E-state index in [-0.39, 0.29) is 17.7 Å². The molecule has 0 bridgehead atoms. The molecule has 1 aliphatic heterocycles. The number of halogens is 2. The number of pyridine rings is 1. The van der Waals surface area contributed by atoms with E-state index in [9.17, 15) is 8.78 Å². The van der Waals surface area contributed by atoms with Crippen molar-refractivity contribution in [1.29, 1.82) is 0 Å². The second-order valence-electron chi connectivity index (χ2n) is 7.82. The van der Waals surface area contributed by atoms with Gasteiger partial charge >= 0.3 is 0 Å². The van der Waals surface area contributed by atoms with Crippen LogP contribution in [0.25, 0.3) is 22.2 Å². The van der Waals surface area contributed by atoms with Crippen LogP contribution < -0.4 is 10.6 Å². The number of nitrogens with one attached hydrogen (secondary N) is 2. The molecule has 0 fully saturated rings. The van der Waals surface area contributed by atoms with Crippen molar-refractivity contribution in [2.45, 2.75) is 32.9 Å². The van der Waals surface area contributed by atoms with Crippen molar-refractivity contribution in [2.75, 3.05) is 11.9 Å². The Morgan fingerprint density at radius 1 is 1.10 bits per heavy atom. The van der Waals surface area contributed by atoms with Gasteiger partial charge in [-0.2, -0.15) is 5.10 Å². The Morgan fingerprint density at radius 3 is 2.81 bits per heavy atom. The fourth-order valence-electron chi connectivity index (χ4n) is 3.80. The number of nitrogens with zero attached hydrogens (tertiary/aromatic N) is 5. The van der Waals surface area contributed by atoms with Crippen molar-refractivity contribution >= 4 is 22.7 Å². The summed E-state index contributed by atoms with van der Waals surface area (Å²) in [5.74, 6) is -0.338. The maximum absolute atomic E-state index is 14.7. The topological polar surface area (TPSA) is 80.5 Å². The van der Waals surface area contributed by atoms with Gasteiger partial charge in [-0.05, 0) is 37.6 Å². The van der Waals surface area contributed by atoms with Gasteiger partial charge in [0.05, 0.1) is 23.3 Å². The number of rotatable bonds is 4. The number of benzene rings is 1. The summed E-state index contributed by atoms with van der Waals surface area (Å²) in [5, 5.41) is 11.0. The average Bonchev–Trinajstić information content (AvgIpc) is 3.20. The molecule has 4 heterocycles. The highest BCUT2D eigenvalue weighted by Gasteiger charge is 2.17. The second-order valence-corrected chi connectivity index (χ2v) is 7.82. The SMILES string of the molecule is CC(C)n1ncc2c(F)cc(-c3nc(Nc4ccc5c(n4)CCNC5)ncc3F)cc21. The predicted molar refractivity (Wildman–Crippen MR) is 114 cm³/mol. The Balaban J connectivity index is 1.52. The zero-order valence-electron chi connectivity index (χ0n) is 17.2. The van der Waals surface area contributed by atoms with Crippen LogP contribution in [0.2, 0.25) is 0 Å². The van der Waals surface area contributed by atoms with Crippen LogP contribution in [0.5, 0.6) is 0 Å². The molecule has 0 amide bonds. The van der Waals surface area contributed by atoms with Gasteiger partial charge in [0.25, 0.3) is 0 Å². The summed E-state index contributed by atoms with van der Waals surface area (Å²) in [5.41, 5.74) is 3.09. The van der Waals surface area contributed by atoms with Gasteiger partial charge in [-0.3, -0.25) is 4.68 Å². The maximum atomic E-state index is 14.7. The van der Waals surface area contributed by atoms with E-state index in [1.807, 2.05) is 26.0 Å². The molecular weight excluding hydrogens is 400 g/mol. The van der Waals surface area contributed by atoms with Crippen molar-refractivity contribution in [3.05, 3.63) is 59.6 Å². The largest absolute Gasteiger partial charge is 0.312 e. The van der Waals surface area contributed by atoms with Crippen molar-refractivity contribution in [3.63, 3.8) is 0 Å². The summed E-state index contributed by atoms with van der Waals surface area (Å²) in [6.07, 6.45) is 3.40. The monoisotopic (exact) mass is 421 g/mol. The average molecular weight is 421 g/mol. The van der Waals surface area contributed by atoms with Crippen LogP contribution in [-0.4, -0.2) is 31.3 Å². The van der Waals surface area contributed by atoms with Gasteiger partial charge in [-0.1, -0.05) is 6.07 Å². The van der Waals surface area contributed by atoms with Crippen molar-refractivity contribution in [3.8, 4) is 11.3 Å². The van der Waals surface area contributed by atoms with Gasteiger partial charge in [-0.25, -0.2) is 23.7 Å². The van der Waals surface area contributed by atoms with Crippen molar-refractivity contribution in [2.24, 2.45) is 0 Å². The Morgan fingerprint density at radius 2 is 1.97 bits per heavy atom. The molecule has 31 heavy (non-hydrogen) atoms. The fraction of sp³-hybridized carbons (Fsp3) is 0.273. The van der Waals surface area contributed by atoms with Crippen LogP contribution in [0, 0.1) is 11.6 Å². The van der Waals surface area contributed by atoms with Gasteiger partial charge in [-0.15, -0.1) is 0 Å². The van der Waals surface area contributed by atoms with Crippen LogP contribution >= 0.6 is 0 Å². The summed E-state index contributed by atoms with van der Waals surface area (Å²) >= 11 is 0. The van der Waals surface area contributed by atoms with E-state index in [4.69, 9.17) is 0 Å². The number of hydrogen-bond donors (Lipinski definition) is 2. The third kappa shape index (κ3) is 3.61. The zero-order valence-corrected chi connectivity index (χ0v) is 17.2. The van der Waals surface area contributed by atoms with Gasteiger partial charge in [0.2, 0.25) is 5.95 Å². The molecule has 0 saturated heterocycles. The van der Waals surface area contributed by atoms with E-state index < -0.39 is 11.6 Å². The summed E-state index contributed by atoms with van der Waals surface area (Å²) in [6, 6.07) is 6.84. The predicted octanol–water partition coefficient (Wildman–Crippen LogP) is 4.14. The summed E-state index contributed by atoms with van der Waals surface area (Å²) in [6.45, 7) is 5.57. The molecule has 2 N–H and O–H groups in total. The molecule has 0 aliphatic carbocycles. The minimum atomic E-state index is -0.635. The van der Waals surface area contributed by atoms with E-state index in [0.717, 1.165) is 37.0 Å². The highest BCUT2D eigenvalue weighted by molar-refractivity contribution is 5.84. The molecule has 4 aromatic rings. The lowest BCUT2D eigenvalue weighted by Crippen LogP contribution is -2.24. The Bertz CT molecular complexity index is 1280. The lowest BCUT2D eigenvalue weighted by atomic mass is 10.1. The minimum Gasteiger partial charge on any atom is -0.312 e. The minimum absolute atomic E-state index is 0.0111. The summed E-state index contributed by atoms with van der Waals surface area (Å²) < 4.78 is 31.0. The van der Waals surface area contributed by atoms with E-state index >= 15 is 0 Å². The normalized spacial score (nSPS) is 13.6. The summed E-state index contributed by atoms with van der Waals surface area (Å²) in [7, 11) is 0. The molecule has 7 nitrogen and oxygen atoms in total. The molecule has 3 aromatic heterocycles. The fourth-order valence-corrected chi connectivity index (χ4v) is 3.80. The standard InChI is InChI=1S/C22H21F2N7/c1-12(2)31-19-8-14(7-16(23)15(19)10-27-31)21-17(24)11-26-22(30-21)29-20-4-3-13-9-25-6-5-18(13)28-20/h3-4,7-8,10-12,25H,5-6,9H2,1-2H3,(H,26,28,29,30). The smallest absolute Gasteiger partial charge is 0.229 e. The number of anilines is 2. The molecule has 0 saturated carbocycles. The molecule has 0 radical (unpaired) electrons. The second kappa shape index (κ2) is 7.66. The van der Waals surface area contributed by atoms with Crippen LogP contribution in [0.3, 0.4) is 0 Å². The van der Waals surface area contributed by atoms with E-state index in [0.29, 0.717) is 22.3 Å². The molecule has 0 unspecified atom stereocenters. The molecule has 0 spiro atoms. The highest BCUT2D eigenvalue weighted by atomic mass is 19.1. The molecule has 0 atom stereocenters. The number of fused-ring (bicyclic) bond motifs is 2. The lowest BCUT2D eigenvalue weighted by Gasteiger charge is -2.17. The lowest BCUT2D eigenvalue weighted by molar-refractivity contribution is 0.550. The van der Waals surface area contributed by atoms with E-state index in [1.54, 1.807) is 10.7 Å². The highest BCUT2D eigenvalue weighted by Crippen LogP contribution is 2.29. The first kappa shape index (κ1) is 19.5. The van der Waals surface area contributed by atoms with Crippen molar-refractivity contribution < 1.29 is 8.78 Å². The number of aromatic nitrogens is 5. The maximum Gasteiger partial charge on any atom is 0.229 e. The molecule has 1 aromatic carbocycles. The number of hydrogen-bond acceptors (Lipinski definition) is 6. The van der Waals surface area contributed by atoms with Crippen LogP contribution in [0.4, 0.5) is 20.5 Å². The third-order valence-corrected chi connectivity index (χ3v) is 5.33. The quantitative estimate of drug-likeness (QED) is 0.516. The molecule has 1 aliphatic rings. The van der Waals surface area contributed by atoms with Crippen molar-refractivity contribution in [1.82, 2.24) is 30.0 Å². The summed E-state index contributed by atoms with van der Waals surface area (Å²) in [4.78, 5) is 13.0. The first-order valence-corrected chi connectivity index (χ1v) is 10.2. The van der Waals surface area contributed by atoms with Crippen LogP contribution in [0.15, 0.2) is 36.7 Å². The first-order chi connectivity index (χ1) is 15.0.